The van der Waals surface area contributed by atoms with E-state index in [-0.39, 0.29) is 0 Å². The number of nitrogens with zero attached hydrogens (tertiary/aromatic N) is 1. The van der Waals surface area contributed by atoms with Gasteiger partial charge in [-0.15, -0.1) is 11.3 Å². The molecule has 1 unspecified atom stereocenters. The molecule has 0 fully saturated rings. The molecule has 0 bridgehead atoms. The van der Waals surface area contributed by atoms with Crippen LogP contribution in [0.1, 0.15) is 16.0 Å². The van der Waals surface area contributed by atoms with Crippen molar-refractivity contribution in [2.24, 2.45) is 0 Å². The molecule has 1 heterocycles. The summed E-state index contributed by atoms with van der Waals surface area (Å²) in [6.07, 6.45) is -4.96. The van der Waals surface area contributed by atoms with Gasteiger partial charge in [0, 0.05) is 16.1 Å². The van der Waals surface area contributed by atoms with Gasteiger partial charge in [0.15, 0.2) is 0 Å². The third-order valence-corrected chi connectivity index (χ3v) is 3.88. The summed E-state index contributed by atoms with van der Waals surface area (Å²) >= 11 is 0.931. The van der Waals surface area contributed by atoms with Gasteiger partial charge in [0.1, 0.15) is 0 Å². The fraction of sp³-hybridized carbons (Fsp3) is 0.500. The Bertz CT molecular complexity index is 453. The van der Waals surface area contributed by atoms with Crippen LogP contribution in [0.4, 0.5) is 13.2 Å². The van der Waals surface area contributed by atoms with Gasteiger partial charge in [-0.1, -0.05) is 0 Å². The molecule has 0 saturated carbocycles. The molecule has 0 amide bonds. The molecule has 86 valence electrons. The molecule has 1 rings (SSSR count). The molecule has 1 aromatic heterocycles. The van der Waals surface area contributed by atoms with Crippen molar-refractivity contribution in [3.05, 3.63) is 16.1 Å². The van der Waals surface area contributed by atoms with Crippen LogP contribution in [0, 0.1) is 6.92 Å². The molecule has 0 N–H and O–H groups in total. The quantitative estimate of drug-likeness (QED) is 0.782. The standard InChI is InChI=1S/C6H5ClF3NO2S2/c1-3-11-4(2-14-3)5(6(8,9)10)15(7,12)13/h2,5H,1H3. The zero-order valence-electron chi connectivity index (χ0n) is 7.25. The summed E-state index contributed by atoms with van der Waals surface area (Å²) in [4.78, 5) is 3.48. The van der Waals surface area contributed by atoms with Crippen LogP contribution in [0.5, 0.6) is 0 Å². The van der Waals surface area contributed by atoms with Crippen molar-refractivity contribution in [1.29, 1.82) is 0 Å². The Morgan fingerprint density at radius 3 is 2.33 bits per heavy atom. The Labute approximate surface area is 92.3 Å². The molecule has 1 atom stereocenters. The van der Waals surface area contributed by atoms with Crippen LogP contribution >= 0.6 is 22.0 Å². The van der Waals surface area contributed by atoms with E-state index in [4.69, 9.17) is 10.7 Å². The van der Waals surface area contributed by atoms with Gasteiger partial charge < -0.3 is 0 Å². The molecule has 1 aromatic rings. The number of thiazole rings is 1. The largest absolute Gasteiger partial charge is 0.412 e. The Morgan fingerprint density at radius 2 is 2.07 bits per heavy atom. The molecule has 3 nitrogen and oxygen atoms in total. The Kier molecular flexibility index (Phi) is 3.32. The minimum absolute atomic E-state index is 0.347. The third kappa shape index (κ3) is 3.05. The second-order valence-electron chi connectivity index (χ2n) is 2.69. The van der Waals surface area contributed by atoms with Crippen LogP contribution in [0.25, 0.3) is 0 Å². The number of aryl methyl sites for hydroxylation is 1. The summed E-state index contributed by atoms with van der Waals surface area (Å²) < 4.78 is 58.8. The number of aromatic nitrogens is 1. The molecular formula is C6H5ClF3NO2S2. The van der Waals surface area contributed by atoms with Crippen LogP contribution in [0.3, 0.4) is 0 Å². The molecule has 0 aliphatic rings. The lowest BCUT2D eigenvalue weighted by atomic mass is 10.3. The van der Waals surface area contributed by atoms with Crippen LogP contribution in [-0.4, -0.2) is 19.6 Å². The highest BCUT2D eigenvalue weighted by Crippen LogP contribution is 2.40. The van der Waals surface area contributed by atoms with E-state index in [0.29, 0.717) is 5.01 Å². The maximum Gasteiger partial charge on any atom is 0.412 e. The van der Waals surface area contributed by atoms with Crippen LogP contribution in [-0.2, 0) is 9.05 Å². The summed E-state index contributed by atoms with van der Waals surface area (Å²) in [5.41, 5.74) is -0.583. The van der Waals surface area contributed by atoms with Crippen LogP contribution < -0.4 is 0 Å². The summed E-state index contributed by atoms with van der Waals surface area (Å²) in [7, 11) is -0.0265. The smallest absolute Gasteiger partial charge is 0.245 e. The highest BCUT2D eigenvalue weighted by Gasteiger charge is 2.50. The average molecular weight is 280 g/mol. The fourth-order valence-corrected chi connectivity index (χ4v) is 3.00. The van der Waals surface area contributed by atoms with Gasteiger partial charge in [-0.05, 0) is 6.92 Å². The molecule has 0 aliphatic heterocycles. The summed E-state index contributed by atoms with van der Waals surface area (Å²) in [6.45, 7) is 1.47. The molecule has 0 spiro atoms. The van der Waals surface area contributed by atoms with E-state index in [0.717, 1.165) is 16.7 Å². The van der Waals surface area contributed by atoms with E-state index in [1.807, 2.05) is 0 Å². The first-order valence-corrected chi connectivity index (χ1v) is 6.80. The fourth-order valence-electron chi connectivity index (χ4n) is 0.972. The first-order valence-electron chi connectivity index (χ1n) is 3.54. The molecule has 0 radical (unpaired) electrons. The molecule has 9 heteroatoms. The third-order valence-electron chi connectivity index (χ3n) is 1.48. The molecular weight excluding hydrogens is 275 g/mol. The summed E-state index contributed by atoms with van der Waals surface area (Å²) in [5, 5.41) is -1.37. The van der Waals surface area contributed by atoms with Crippen molar-refractivity contribution in [2.75, 3.05) is 0 Å². The minimum Gasteiger partial charge on any atom is -0.245 e. The summed E-state index contributed by atoms with van der Waals surface area (Å²) in [6, 6.07) is 0. The molecule has 15 heavy (non-hydrogen) atoms. The monoisotopic (exact) mass is 279 g/mol. The van der Waals surface area contributed by atoms with Crippen molar-refractivity contribution in [1.82, 2.24) is 4.98 Å². The van der Waals surface area contributed by atoms with Crippen molar-refractivity contribution in [3.8, 4) is 0 Å². The van der Waals surface area contributed by atoms with Gasteiger partial charge in [-0.3, -0.25) is 0 Å². The lowest BCUT2D eigenvalue weighted by Crippen LogP contribution is -2.26. The van der Waals surface area contributed by atoms with Crippen LogP contribution in [0.15, 0.2) is 5.38 Å². The maximum absolute atomic E-state index is 12.4. The number of alkyl halides is 3. The SMILES string of the molecule is Cc1nc(C(C(F)(F)F)S(=O)(=O)Cl)cs1. The van der Waals surface area contributed by atoms with Gasteiger partial charge in [-0.2, -0.15) is 13.2 Å². The highest BCUT2D eigenvalue weighted by molar-refractivity contribution is 8.14. The van der Waals surface area contributed by atoms with E-state index >= 15 is 0 Å². The zero-order valence-corrected chi connectivity index (χ0v) is 9.64. The predicted octanol–water partition coefficient (Wildman–Crippen LogP) is 2.62. The van der Waals surface area contributed by atoms with Crippen molar-refractivity contribution < 1.29 is 21.6 Å². The van der Waals surface area contributed by atoms with Gasteiger partial charge in [0.2, 0.25) is 14.3 Å². The molecule has 0 aromatic carbocycles. The first kappa shape index (κ1) is 12.7. The van der Waals surface area contributed by atoms with Crippen LogP contribution in [0.2, 0.25) is 0 Å². The van der Waals surface area contributed by atoms with Crippen molar-refractivity contribution in [3.63, 3.8) is 0 Å². The Morgan fingerprint density at radius 1 is 1.53 bits per heavy atom. The lowest BCUT2D eigenvalue weighted by Gasteiger charge is -2.14. The van der Waals surface area contributed by atoms with Crippen molar-refractivity contribution in [2.45, 2.75) is 18.3 Å². The van der Waals surface area contributed by atoms with E-state index in [1.165, 1.54) is 6.92 Å². The Balaban J connectivity index is 3.26. The number of rotatable bonds is 2. The van der Waals surface area contributed by atoms with Gasteiger partial charge in [0.05, 0.1) is 10.7 Å². The number of halogens is 4. The second kappa shape index (κ2) is 3.91. The minimum atomic E-state index is -4.96. The average Bonchev–Trinajstić information content (AvgIpc) is 2.28. The van der Waals surface area contributed by atoms with Crippen molar-refractivity contribution >= 4 is 31.1 Å². The highest BCUT2D eigenvalue weighted by atomic mass is 35.7. The van der Waals surface area contributed by atoms with E-state index in [9.17, 15) is 21.6 Å². The molecule has 0 saturated heterocycles. The number of hydrogen-bond donors (Lipinski definition) is 0. The summed E-state index contributed by atoms with van der Waals surface area (Å²) in [5.74, 6) is 0. The van der Waals surface area contributed by atoms with Gasteiger partial charge in [0.25, 0.3) is 0 Å². The van der Waals surface area contributed by atoms with Gasteiger partial charge in [-0.25, -0.2) is 13.4 Å². The second-order valence-corrected chi connectivity index (χ2v) is 6.46. The zero-order chi connectivity index (χ0) is 11.9. The van der Waals surface area contributed by atoms with E-state index in [1.54, 1.807) is 0 Å². The topological polar surface area (TPSA) is 47.0 Å². The van der Waals surface area contributed by atoms with E-state index < -0.39 is 26.2 Å². The van der Waals surface area contributed by atoms with E-state index in [2.05, 4.69) is 4.98 Å². The lowest BCUT2D eigenvalue weighted by molar-refractivity contribution is -0.131. The van der Waals surface area contributed by atoms with Gasteiger partial charge >= 0.3 is 6.18 Å². The number of hydrogen-bond acceptors (Lipinski definition) is 4. The molecule has 0 aliphatic carbocycles. The predicted molar refractivity (Wildman–Crippen MR) is 50.4 cm³/mol. The maximum atomic E-state index is 12.4. The first-order chi connectivity index (χ1) is 6.62. The normalized spacial score (nSPS) is 15.3. The Hall–Kier alpha value is -0.340.